The molecule has 32 heavy (non-hydrogen) atoms. The molecule has 1 aromatic carbocycles. The minimum absolute atomic E-state index is 0.00312. The van der Waals surface area contributed by atoms with Gasteiger partial charge in [0.25, 0.3) is 11.5 Å². The molecule has 0 radical (unpaired) electrons. The molecule has 9 nitrogen and oxygen atoms in total. The van der Waals surface area contributed by atoms with Crippen LogP contribution >= 0.6 is 0 Å². The fraction of sp³-hybridized carbons (Fsp3) is 0.182. The predicted molar refractivity (Wildman–Crippen MR) is 114 cm³/mol. The number of para-hydroxylation sites is 1. The highest BCUT2D eigenvalue weighted by atomic mass is 19.1. The molecule has 0 atom stereocenters. The van der Waals surface area contributed by atoms with Gasteiger partial charge >= 0.3 is 0 Å². The van der Waals surface area contributed by atoms with Crippen LogP contribution in [0.5, 0.6) is 5.75 Å². The number of rotatable bonds is 7. The van der Waals surface area contributed by atoms with E-state index in [4.69, 9.17) is 9.15 Å². The van der Waals surface area contributed by atoms with Gasteiger partial charge in [0.2, 0.25) is 5.95 Å². The Hall–Kier alpha value is -4.21. The third-order valence-electron chi connectivity index (χ3n) is 4.49. The Balaban J connectivity index is 1.64. The molecule has 0 aliphatic rings. The van der Waals surface area contributed by atoms with Crippen molar-refractivity contribution in [1.29, 1.82) is 0 Å². The van der Waals surface area contributed by atoms with E-state index in [1.165, 1.54) is 35.2 Å². The van der Waals surface area contributed by atoms with Crippen LogP contribution in [0.1, 0.15) is 25.5 Å². The zero-order chi connectivity index (χ0) is 22.7. The first-order chi connectivity index (χ1) is 15.4. The number of nitrogens with zero attached hydrogens (tertiary/aromatic N) is 3. The number of amides is 1. The first-order valence-corrected chi connectivity index (χ1v) is 9.83. The van der Waals surface area contributed by atoms with Crippen molar-refractivity contribution in [2.24, 2.45) is 0 Å². The molecule has 0 unspecified atom stereocenters. The van der Waals surface area contributed by atoms with Gasteiger partial charge in [-0.1, -0.05) is 26.0 Å². The molecular weight excluding hydrogens is 417 g/mol. The molecule has 2 N–H and O–H groups in total. The van der Waals surface area contributed by atoms with Crippen molar-refractivity contribution in [3.63, 3.8) is 0 Å². The van der Waals surface area contributed by atoms with E-state index < -0.39 is 18.3 Å². The quantitative estimate of drug-likeness (QED) is 0.457. The molecule has 10 heteroatoms. The van der Waals surface area contributed by atoms with Crippen LogP contribution in [0.25, 0.3) is 17.4 Å². The number of anilines is 1. The van der Waals surface area contributed by atoms with Gasteiger partial charge in [-0.25, -0.2) is 9.37 Å². The van der Waals surface area contributed by atoms with E-state index >= 15 is 0 Å². The smallest absolute Gasteiger partial charge is 0.263 e. The van der Waals surface area contributed by atoms with Gasteiger partial charge in [0.15, 0.2) is 23.9 Å². The molecule has 164 valence electrons. The van der Waals surface area contributed by atoms with Gasteiger partial charge in [-0.2, -0.15) is 9.78 Å². The molecule has 0 bridgehead atoms. The predicted octanol–water partition coefficient (Wildman–Crippen LogP) is 3.50. The topological polar surface area (TPSA) is 115 Å². The summed E-state index contributed by atoms with van der Waals surface area (Å²) in [5.74, 6) is -0.344. The number of carbonyl (C=O) groups excluding carboxylic acids is 1. The summed E-state index contributed by atoms with van der Waals surface area (Å²) in [7, 11) is 0. The third kappa shape index (κ3) is 4.59. The van der Waals surface area contributed by atoms with Crippen molar-refractivity contribution in [3.05, 3.63) is 76.7 Å². The number of H-pyrrole nitrogens is 1. The van der Waals surface area contributed by atoms with Crippen LogP contribution < -0.4 is 15.6 Å². The highest BCUT2D eigenvalue weighted by molar-refractivity contribution is 5.91. The number of furan rings is 1. The van der Waals surface area contributed by atoms with Gasteiger partial charge < -0.3 is 14.5 Å². The van der Waals surface area contributed by atoms with Crippen molar-refractivity contribution in [2.45, 2.75) is 19.8 Å². The van der Waals surface area contributed by atoms with Gasteiger partial charge in [-0.05, 0) is 30.2 Å². The van der Waals surface area contributed by atoms with Gasteiger partial charge in [0.05, 0.1) is 12.0 Å². The first-order valence-electron chi connectivity index (χ1n) is 9.83. The molecule has 0 aliphatic heterocycles. The highest BCUT2D eigenvalue weighted by Gasteiger charge is 2.18. The van der Waals surface area contributed by atoms with Gasteiger partial charge in [0.1, 0.15) is 11.5 Å². The Morgan fingerprint density at radius 2 is 2.06 bits per heavy atom. The van der Waals surface area contributed by atoms with Crippen molar-refractivity contribution in [3.8, 4) is 23.2 Å². The number of benzene rings is 1. The zero-order valence-electron chi connectivity index (χ0n) is 17.3. The number of halogens is 1. The van der Waals surface area contributed by atoms with Crippen LogP contribution in [0, 0.1) is 5.82 Å². The molecule has 0 saturated heterocycles. The van der Waals surface area contributed by atoms with E-state index in [0.717, 1.165) is 0 Å². The second kappa shape index (κ2) is 8.88. The second-order valence-corrected chi connectivity index (χ2v) is 7.22. The van der Waals surface area contributed by atoms with Gasteiger partial charge in [0, 0.05) is 12.1 Å². The Bertz CT molecular complexity index is 1290. The number of ether oxygens (including phenoxy) is 1. The molecule has 3 heterocycles. The van der Waals surface area contributed by atoms with Crippen LogP contribution in [-0.4, -0.2) is 32.3 Å². The largest absolute Gasteiger partial charge is 0.481 e. The van der Waals surface area contributed by atoms with Crippen molar-refractivity contribution < 1.29 is 18.3 Å². The Morgan fingerprint density at radius 3 is 2.78 bits per heavy atom. The summed E-state index contributed by atoms with van der Waals surface area (Å²) < 4.78 is 25.7. The monoisotopic (exact) mass is 437 g/mol. The van der Waals surface area contributed by atoms with Gasteiger partial charge in [-0.3, -0.25) is 14.6 Å². The average molecular weight is 437 g/mol. The van der Waals surface area contributed by atoms with Crippen LogP contribution in [0.3, 0.4) is 0 Å². The number of hydrogen-bond donors (Lipinski definition) is 2. The molecular formula is C22H20FN5O4. The van der Waals surface area contributed by atoms with Crippen molar-refractivity contribution in [1.82, 2.24) is 19.7 Å². The SMILES string of the molecule is CC(C)c1cc(=O)[nH]c(-n2nc(-c3ccco3)cc2NC(=O)COc2ccccc2F)n1. The normalized spacial score (nSPS) is 11.0. The molecule has 1 amide bonds. The third-order valence-corrected chi connectivity index (χ3v) is 4.49. The summed E-state index contributed by atoms with van der Waals surface area (Å²) in [4.78, 5) is 31.7. The minimum atomic E-state index is -0.572. The Morgan fingerprint density at radius 1 is 1.25 bits per heavy atom. The lowest BCUT2D eigenvalue weighted by Crippen LogP contribution is -2.23. The number of aromatic amines is 1. The maximum atomic E-state index is 13.7. The summed E-state index contributed by atoms with van der Waals surface area (Å²) in [5.41, 5.74) is 0.630. The molecule has 3 aromatic heterocycles. The lowest BCUT2D eigenvalue weighted by molar-refractivity contribution is -0.118. The second-order valence-electron chi connectivity index (χ2n) is 7.22. The van der Waals surface area contributed by atoms with E-state index in [9.17, 15) is 14.0 Å². The molecule has 0 saturated carbocycles. The van der Waals surface area contributed by atoms with Crippen molar-refractivity contribution >= 4 is 11.7 Å². The number of hydrogen-bond acceptors (Lipinski definition) is 6. The molecule has 0 spiro atoms. The molecule has 4 rings (SSSR count). The first kappa shape index (κ1) is 21.0. The average Bonchev–Trinajstić information content (AvgIpc) is 3.43. The fourth-order valence-corrected chi connectivity index (χ4v) is 2.92. The van der Waals surface area contributed by atoms with E-state index in [1.54, 1.807) is 24.3 Å². The minimum Gasteiger partial charge on any atom is -0.481 e. The number of aromatic nitrogens is 4. The molecule has 0 fully saturated rings. The number of carbonyl (C=O) groups is 1. The summed E-state index contributed by atoms with van der Waals surface area (Å²) in [6, 6.07) is 12.2. The zero-order valence-corrected chi connectivity index (χ0v) is 17.3. The highest BCUT2D eigenvalue weighted by Crippen LogP contribution is 2.24. The summed E-state index contributed by atoms with van der Waals surface area (Å²) in [6.45, 7) is 3.38. The van der Waals surface area contributed by atoms with Gasteiger partial charge in [-0.15, -0.1) is 0 Å². The number of nitrogens with one attached hydrogen (secondary N) is 2. The van der Waals surface area contributed by atoms with Crippen LogP contribution in [-0.2, 0) is 4.79 Å². The summed E-state index contributed by atoms with van der Waals surface area (Å²) >= 11 is 0. The maximum absolute atomic E-state index is 13.7. The Labute approximate surface area is 181 Å². The van der Waals surface area contributed by atoms with E-state index in [0.29, 0.717) is 17.1 Å². The summed E-state index contributed by atoms with van der Waals surface area (Å²) in [5, 5.41) is 7.08. The Kier molecular flexibility index (Phi) is 5.84. The molecule has 0 aliphatic carbocycles. The van der Waals surface area contributed by atoms with E-state index in [1.807, 2.05) is 13.8 Å². The molecule has 4 aromatic rings. The lowest BCUT2D eigenvalue weighted by Gasteiger charge is -2.11. The maximum Gasteiger partial charge on any atom is 0.263 e. The van der Waals surface area contributed by atoms with E-state index in [-0.39, 0.29) is 29.0 Å². The fourth-order valence-electron chi connectivity index (χ4n) is 2.92. The summed E-state index contributed by atoms with van der Waals surface area (Å²) in [6.07, 6.45) is 1.49. The standard InChI is InChI=1S/C22H20FN5O4/c1-13(2)15-11-20(29)26-22(24-15)28-19(10-16(27-28)18-8-5-9-31-18)25-21(30)12-32-17-7-4-3-6-14(17)23/h3-11,13H,12H2,1-2H3,(H,25,30)(H,24,26,29). The van der Waals surface area contributed by atoms with Crippen molar-refractivity contribution in [2.75, 3.05) is 11.9 Å². The van der Waals surface area contributed by atoms with Crippen LogP contribution in [0.15, 0.2) is 64.0 Å². The van der Waals surface area contributed by atoms with Crippen LogP contribution in [0.4, 0.5) is 10.2 Å². The lowest BCUT2D eigenvalue weighted by atomic mass is 10.1. The van der Waals surface area contributed by atoms with Crippen LogP contribution in [0.2, 0.25) is 0 Å². The van der Waals surface area contributed by atoms with E-state index in [2.05, 4.69) is 20.4 Å².